The van der Waals surface area contributed by atoms with E-state index in [1.807, 2.05) is 6.07 Å². The van der Waals surface area contributed by atoms with E-state index in [9.17, 15) is 9.59 Å². The van der Waals surface area contributed by atoms with Crippen molar-refractivity contribution in [1.82, 2.24) is 0 Å². The number of ether oxygens (including phenoxy) is 2. The minimum absolute atomic E-state index is 0.155. The van der Waals surface area contributed by atoms with Gasteiger partial charge in [-0.25, -0.2) is 0 Å². The van der Waals surface area contributed by atoms with E-state index in [4.69, 9.17) is 13.9 Å². The maximum absolute atomic E-state index is 12.0. The summed E-state index contributed by atoms with van der Waals surface area (Å²) in [5, 5.41) is 5.42. The predicted molar refractivity (Wildman–Crippen MR) is 100 cm³/mol. The summed E-state index contributed by atoms with van der Waals surface area (Å²) in [7, 11) is 1.54. The van der Waals surface area contributed by atoms with E-state index >= 15 is 0 Å². The van der Waals surface area contributed by atoms with Crippen molar-refractivity contribution >= 4 is 23.2 Å². The Bertz CT molecular complexity index is 904. The molecule has 0 fully saturated rings. The molecule has 3 aromatic rings. The van der Waals surface area contributed by atoms with Gasteiger partial charge in [-0.3, -0.25) is 9.59 Å². The molecule has 0 aliphatic carbocycles. The van der Waals surface area contributed by atoms with E-state index in [1.54, 1.807) is 54.6 Å². The van der Waals surface area contributed by atoms with Crippen LogP contribution in [0.5, 0.6) is 11.5 Å². The van der Waals surface area contributed by atoms with Crippen molar-refractivity contribution in [3.8, 4) is 11.5 Å². The van der Waals surface area contributed by atoms with Gasteiger partial charge in [0.15, 0.2) is 23.9 Å². The molecule has 2 N–H and O–H groups in total. The van der Waals surface area contributed by atoms with Crippen molar-refractivity contribution in [2.45, 2.75) is 0 Å². The minimum Gasteiger partial charge on any atom is -0.493 e. The molecule has 27 heavy (non-hydrogen) atoms. The van der Waals surface area contributed by atoms with Crippen molar-refractivity contribution in [3.05, 3.63) is 72.7 Å². The number of amides is 2. The summed E-state index contributed by atoms with van der Waals surface area (Å²) in [6.07, 6.45) is 1.43. The molecular formula is C20H18N2O5. The van der Waals surface area contributed by atoms with Crippen LogP contribution in [-0.2, 0) is 4.79 Å². The minimum atomic E-state index is -0.345. The summed E-state index contributed by atoms with van der Waals surface area (Å²) in [5.41, 5.74) is 1.17. The Labute approximate surface area is 155 Å². The Kier molecular flexibility index (Phi) is 5.73. The van der Waals surface area contributed by atoms with Crippen LogP contribution in [0, 0.1) is 0 Å². The van der Waals surface area contributed by atoms with Crippen LogP contribution in [0.3, 0.4) is 0 Å². The lowest BCUT2D eigenvalue weighted by Gasteiger charge is -2.11. The smallest absolute Gasteiger partial charge is 0.291 e. The third-order valence-electron chi connectivity index (χ3n) is 3.60. The second-order valence-corrected chi connectivity index (χ2v) is 5.50. The van der Waals surface area contributed by atoms with E-state index in [1.165, 1.54) is 13.4 Å². The van der Waals surface area contributed by atoms with Gasteiger partial charge in [-0.15, -0.1) is 0 Å². The molecule has 2 aromatic carbocycles. The molecular weight excluding hydrogens is 348 g/mol. The number of furan rings is 1. The zero-order valence-electron chi connectivity index (χ0n) is 14.6. The quantitative estimate of drug-likeness (QED) is 0.667. The molecule has 138 valence electrons. The average Bonchev–Trinajstić information content (AvgIpc) is 3.23. The zero-order valence-corrected chi connectivity index (χ0v) is 14.6. The second kappa shape index (κ2) is 8.57. The highest BCUT2D eigenvalue weighted by atomic mass is 16.5. The standard InChI is InChI=1S/C20H18N2O5/c1-25-16-5-2-3-6-17(16)27-13-19(23)21-14-8-10-15(11-9-14)22-20(24)18-7-4-12-26-18/h2-12H,13H2,1H3,(H,21,23)(H,22,24). The number of hydrogen-bond donors (Lipinski definition) is 2. The maximum atomic E-state index is 12.0. The largest absolute Gasteiger partial charge is 0.493 e. The number of methoxy groups -OCH3 is 1. The van der Waals surface area contributed by atoms with Crippen LogP contribution in [-0.4, -0.2) is 25.5 Å². The molecule has 7 nitrogen and oxygen atoms in total. The van der Waals surface area contributed by atoms with Crippen LogP contribution >= 0.6 is 0 Å². The number of carbonyl (C=O) groups is 2. The first-order valence-corrected chi connectivity index (χ1v) is 8.16. The fourth-order valence-electron chi connectivity index (χ4n) is 2.32. The average molecular weight is 366 g/mol. The van der Waals surface area contributed by atoms with Gasteiger partial charge in [0.2, 0.25) is 0 Å². The summed E-state index contributed by atoms with van der Waals surface area (Å²) in [6.45, 7) is -0.155. The van der Waals surface area contributed by atoms with Gasteiger partial charge in [-0.2, -0.15) is 0 Å². The highest BCUT2D eigenvalue weighted by Gasteiger charge is 2.10. The molecule has 0 atom stereocenters. The van der Waals surface area contributed by atoms with Crippen molar-refractivity contribution in [1.29, 1.82) is 0 Å². The Hall–Kier alpha value is -3.74. The third kappa shape index (κ3) is 4.88. The molecule has 3 rings (SSSR count). The normalized spacial score (nSPS) is 10.1. The third-order valence-corrected chi connectivity index (χ3v) is 3.60. The van der Waals surface area contributed by atoms with Gasteiger partial charge in [0.05, 0.1) is 13.4 Å². The Morgan fingerprint density at radius 1 is 0.889 bits per heavy atom. The van der Waals surface area contributed by atoms with Crippen molar-refractivity contribution in [3.63, 3.8) is 0 Å². The molecule has 0 radical (unpaired) electrons. The zero-order chi connectivity index (χ0) is 19.1. The van der Waals surface area contributed by atoms with Crippen LogP contribution in [0.25, 0.3) is 0 Å². The van der Waals surface area contributed by atoms with Gasteiger partial charge >= 0.3 is 0 Å². The lowest BCUT2D eigenvalue weighted by atomic mass is 10.2. The van der Waals surface area contributed by atoms with Crippen LogP contribution in [0.4, 0.5) is 11.4 Å². The molecule has 0 saturated heterocycles. The van der Waals surface area contributed by atoms with E-state index in [2.05, 4.69) is 10.6 Å². The van der Waals surface area contributed by atoms with E-state index < -0.39 is 0 Å². The molecule has 0 unspecified atom stereocenters. The summed E-state index contributed by atoms with van der Waals surface area (Å²) >= 11 is 0. The fraction of sp³-hybridized carbons (Fsp3) is 0.100. The number of hydrogen-bond acceptors (Lipinski definition) is 5. The van der Waals surface area contributed by atoms with Crippen LogP contribution in [0.1, 0.15) is 10.6 Å². The predicted octanol–water partition coefficient (Wildman–Crippen LogP) is 3.56. The van der Waals surface area contributed by atoms with Gasteiger partial charge in [0.25, 0.3) is 11.8 Å². The molecule has 0 aliphatic rings. The Morgan fingerprint density at radius 3 is 2.19 bits per heavy atom. The lowest BCUT2D eigenvalue weighted by Crippen LogP contribution is -2.20. The maximum Gasteiger partial charge on any atom is 0.291 e. The highest BCUT2D eigenvalue weighted by Crippen LogP contribution is 2.25. The molecule has 1 heterocycles. The molecule has 0 spiro atoms. The van der Waals surface area contributed by atoms with Crippen LogP contribution in [0.2, 0.25) is 0 Å². The van der Waals surface area contributed by atoms with Gasteiger partial charge in [-0.05, 0) is 48.5 Å². The Morgan fingerprint density at radius 2 is 1.56 bits per heavy atom. The van der Waals surface area contributed by atoms with E-state index in [0.717, 1.165) is 0 Å². The van der Waals surface area contributed by atoms with Crippen molar-refractivity contribution in [2.24, 2.45) is 0 Å². The highest BCUT2D eigenvalue weighted by molar-refractivity contribution is 6.02. The first-order valence-electron chi connectivity index (χ1n) is 8.16. The SMILES string of the molecule is COc1ccccc1OCC(=O)Nc1ccc(NC(=O)c2ccco2)cc1. The van der Waals surface area contributed by atoms with Crippen LogP contribution in [0.15, 0.2) is 71.3 Å². The number of para-hydroxylation sites is 2. The second-order valence-electron chi connectivity index (χ2n) is 5.50. The molecule has 0 bridgehead atoms. The fourth-order valence-corrected chi connectivity index (χ4v) is 2.32. The van der Waals surface area contributed by atoms with Crippen LogP contribution < -0.4 is 20.1 Å². The molecule has 7 heteroatoms. The monoisotopic (exact) mass is 366 g/mol. The molecule has 0 aliphatic heterocycles. The number of anilines is 2. The molecule has 2 amide bonds. The van der Waals surface area contributed by atoms with Gasteiger partial charge < -0.3 is 24.5 Å². The first-order chi connectivity index (χ1) is 13.2. The van der Waals surface area contributed by atoms with Crippen molar-refractivity contribution < 1.29 is 23.5 Å². The molecule has 1 aromatic heterocycles. The first kappa shape index (κ1) is 18.1. The van der Waals surface area contributed by atoms with Gasteiger partial charge in [0.1, 0.15) is 0 Å². The summed E-state index contributed by atoms with van der Waals surface area (Å²) in [4.78, 5) is 24.0. The number of benzene rings is 2. The topological polar surface area (TPSA) is 89.8 Å². The van der Waals surface area contributed by atoms with Crippen molar-refractivity contribution in [2.75, 3.05) is 24.4 Å². The number of rotatable bonds is 7. The Balaban J connectivity index is 1.51. The van der Waals surface area contributed by atoms with Gasteiger partial charge in [0, 0.05) is 11.4 Å². The number of nitrogens with one attached hydrogen (secondary N) is 2. The summed E-state index contributed by atoms with van der Waals surface area (Å²) < 4.78 is 15.7. The van der Waals surface area contributed by atoms with Gasteiger partial charge in [-0.1, -0.05) is 12.1 Å². The van der Waals surface area contributed by atoms with E-state index in [-0.39, 0.29) is 24.2 Å². The summed E-state index contributed by atoms with van der Waals surface area (Å²) in [6, 6.07) is 17.0. The van der Waals surface area contributed by atoms with E-state index in [0.29, 0.717) is 22.9 Å². The lowest BCUT2D eigenvalue weighted by molar-refractivity contribution is -0.118. The summed E-state index contributed by atoms with van der Waals surface area (Å²) in [5.74, 6) is 0.615. The molecule has 0 saturated carbocycles. The number of carbonyl (C=O) groups excluding carboxylic acids is 2.